The second-order valence-electron chi connectivity index (χ2n) is 4.39. The molecule has 100 valence electrons. The fraction of sp³-hybridized carbons (Fsp3) is 0.692. The van der Waals surface area contributed by atoms with Crippen molar-refractivity contribution in [1.82, 2.24) is 9.97 Å². The maximum atomic E-state index is 6.27. The molecule has 1 aromatic heterocycles. The summed E-state index contributed by atoms with van der Waals surface area (Å²) in [4.78, 5) is 9.20. The predicted molar refractivity (Wildman–Crippen MR) is 75.9 cm³/mol. The predicted octanol–water partition coefficient (Wildman–Crippen LogP) is 3.93. The Balaban J connectivity index is 2.45. The molecule has 0 saturated heterocycles. The number of aromatic nitrogens is 2. The molecule has 3 nitrogen and oxygen atoms in total. The Hall–Kier alpha value is -0.320. The summed E-state index contributed by atoms with van der Waals surface area (Å²) in [6.07, 6.45) is 1.72. The van der Waals surface area contributed by atoms with Crippen LogP contribution in [-0.2, 0) is 21.8 Å². The lowest BCUT2D eigenvalue weighted by atomic mass is 9.95. The minimum atomic E-state index is -0.388. The summed E-state index contributed by atoms with van der Waals surface area (Å²) in [5.41, 5.74) is 1.80. The first-order valence-electron chi connectivity index (χ1n) is 6.44. The van der Waals surface area contributed by atoms with Gasteiger partial charge in [0, 0.05) is 23.7 Å². The Morgan fingerprint density at radius 2 is 1.94 bits per heavy atom. The zero-order valence-corrected chi connectivity index (χ0v) is 12.7. The Morgan fingerprint density at radius 3 is 2.56 bits per heavy atom. The van der Waals surface area contributed by atoms with Crippen molar-refractivity contribution in [3.05, 3.63) is 22.2 Å². The van der Waals surface area contributed by atoms with E-state index in [1.165, 1.54) is 0 Å². The summed E-state index contributed by atoms with van der Waals surface area (Å²) < 4.78 is 5.94. The average Bonchev–Trinajstić information content (AvgIpc) is 2.85. The standard InChI is InChI=1S/C13H19ClN2OS/c1-4-13(5-2,17-6-3)12-15-10-8-18-7-9(10)11(14)16-12/h4-8H2,1-3H3. The van der Waals surface area contributed by atoms with Crippen LogP contribution in [0.2, 0.25) is 5.15 Å². The zero-order chi connectivity index (χ0) is 13.2. The summed E-state index contributed by atoms with van der Waals surface area (Å²) in [5.74, 6) is 2.61. The largest absolute Gasteiger partial charge is 0.367 e. The van der Waals surface area contributed by atoms with E-state index in [0.29, 0.717) is 11.8 Å². The number of ether oxygens (including phenoxy) is 1. The molecule has 0 amide bonds. The first kappa shape index (κ1) is 14.1. The van der Waals surface area contributed by atoms with Crippen LogP contribution in [-0.4, -0.2) is 16.6 Å². The van der Waals surface area contributed by atoms with Crippen LogP contribution in [0.1, 0.15) is 50.7 Å². The van der Waals surface area contributed by atoms with Crippen molar-refractivity contribution < 1.29 is 4.74 Å². The van der Waals surface area contributed by atoms with Crippen molar-refractivity contribution in [3.8, 4) is 0 Å². The maximum Gasteiger partial charge on any atom is 0.162 e. The SMILES string of the molecule is CCOC(CC)(CC)c1nc(Cl)c2c(n1)CSC2. The summed E-state index contributed by atoms with van der Waals surface area (Å²) in [5, 5.41) is 0.603. The number of rotatable bonds is 5. The second kappa shape index (κ2) is 5.76. The molecule has 5 heteroatoms. The number of hydrogen-bond acceptors (Lipinski definition) is 4. The highest BCUT2D eigenvalue weighted by Gasteiger charge is 2.34. The molecule has 0 aliphatic carbocycles. The Labute approximate surface area is 118 Å². The molecule has 0 radical (unpaired) electrons. The molecule has 0 aromatic carbocycles. The molecular weight excluding hydrogens is 268 g/mol. The zero-order valence-electron chi connectivity index (χ0n) is 11.1. The van der Waals surface area contributed by atoms with E-state index >= 15 is 0 Å². The van der Waals surface area contributed by atoms with Crippen molar-refractivity contribution in [1.29, 1.82) is 0 Å². The summed E-state index contributed by atoms with van der Waals surface area (Å²) in [7, 11) is 0. The Morgan fingerprint density at radius 1 is 1.22 bits per heavy atom. The highest BCUT2D eigenvalue weighted by atomic mass is 35.5. The van der Waals surface area contributed by atoms with Crippen molar-refractivity contribution in [2.45, 2.75) is 50.7 Å². The molecule has 0 bridgehead atoms. The van der Waals surface area contributed by atoms with Gasteiger partial charge < -0.3 is 4.74 Å². The highest BCUT2D eigenvalue weighted by molar-refractivity contribution is 7.98. The minimum Gasteiger partial charge on any atom is -0.367 e. The van der Waals surface area contributed by atoms with Gasteiger partial charge in [0.1, 0.15) is 10.8 Å². The molecule has 18 heavy (non-hydrogen) atoms. The van der Waals surface area contributed by atoms with Crippen molar-refractivity contribution >= 4 is 23.4 Å². The van der Waals surface area contributed by atoms with Crippen molar-refractivity contribution in [3.63, 3.8) is 0 Å². The molecule has 0 saturated carbocycles. The lowest BCUT2D eigenvalue weighted by molar-refractivity contribution is -0.0572. The van der Waals surface area contributed by atoms with E-state index in [1.807, 2.05) is 18.7 Å². The first-order chi connectivity index (χ1) is 8.66. The van der Waals surface area contributed by atoms with Gasteiger partial charge >= 0.3 is 0 Å². The van der Waals surface area contributed by atoms with Crippen LogP contribution in [0.5, 0.6) is 0 Å². The number of halogens is 1. The molecule has 0 spiro atoms. The third-order valence-corrected chi connectivity index (χ3v) is 4.78. The monoisotopic (exact) mass is 286 g/mol. The smallest absolute Gasteiger partial charge is 0.162 e. The topological polar surface area (TPSA) is 35.0 Å². The molecule has 1 aromatic rings. The van der Waals surface area contributed by atoms with E-state index < -0.39 is 0 Å². The van der Waals surface area contributed by atoms with Gasteiger partial charge in [-0.2, -0.15) is 11.8 Å². The van der Waals surface area contributed by atoms with E-state index in [2.05, 4.69) is 18.8 Å². The summed E-state index contributed by atoms with van der Waals surface area (Å²) >= 11 is 8.11. The summed E-state index contributed by atoms with van der Waals surface area (Å²) in [6, 6.07) is 0. The molecule has 0 unspecified atom stereocenters. The van der Waals surface area contributed by atoms with Crippen LogP contribution >= 0.6 is 23.4 Å². The van der Waals surface area contributed by atoms with Gasteiger partial charge in [-0.1, -0.05) is 25.4 Å². The van der Waals surface area contributed by atoms with Gasteiger partial charge in [0.05, 0.1) is 5.69 Å². The maximum absolute atomic E-state index is 6.27. The number of thioether (sulfide) groups is 1. The van der Waals surface area contributed by atoms with E-state index in [1.54, 1.807) is 0 Å². The van der Waals surface area contributed by atoms with Crippen LogP contribution in [0.4, 0.5) is 0 Å². The van der Waals surface area contributed by atoms with Gasteiger partial charge in [-0.25, -0.2) is 9.97 Å². The molecular formula is C13H19ClN2OS. The van der Waals surface area contributed by atoms with E-state index in [9.17, 15) is 0 Å². The highest BCUT2D eigenvalue weighted by Crippen LogP contribution is 2.37. The molecule has 2 heterocycles. The molecule has 0 atom stereocenters. The fourth-order valence-electron chi connectivity index (χ4n) is 2.33. The Bertz CT molecular complexity index is 435. The first-order valence-corrected chi connectivity index (χ1v) is 7.97. The van der Waals surface area contributed by atoms with Crippen LogP contribution in [0.3, 0.4) is 0 Å². The molecule has 1 aliphatic rings. The van der Waals surface area contributed by atoms with Crippen LogP contribution in [0.15, 0.2) is 0 Å². The lowest BCUT2D eigenvalue weighted by Gasteiger charge is -2.30. The molecule has 0 N–H and O–H groups in total. The number of fused-ring (bicyclic) bond motifs is 1. The van der Waals surface area contributed by atoms with E-state index in [-0.39, 0.29) is 5.60 Å². The van der Waals surface area contributed by atoms with Gasteiger partial charge in [0.25, 0.3) is 0 Å². The number of hydrogen-bond donors (Lipinski definition) is 0. The van der Waals surface area contributed by atoms with Crippen molar-refractivity contribution in [2.24, 2.45) is 0 Å². The van der Waals surface area contributed by atoms with Gasteiger partial charge in [-0.05, 0) is 19.8 Å². The minimum absolute atomic E-state index is 0.388. The third-order valence-electron chi connectivity index (χ3n) is 3.50. The van der Waals surface area contributed by atoms with E-state index in [0.717, 1.165) is 41.4 Å². The van der Waals surface area contributed by atoms with Crippen molar-refractivity contribution in [2.75, 3.05) is 6.61 Å². The number of nitrogens with zero attached hydrogens (tertiary/aromatic N) is 2. The lowest BCUT2D eigenvalue weighted by Crippen LogP contribution is -2.31. The Kier molecular flexibility index (Phi) is 4.51. The second-order valence-corrected chi connectivity index (χ2v) is 5.73. The van der Waals surface area contributed by atoms with Crippen LogP contribution < -0.4 is 0 Å². The van der Waals surface area contributed by atoms with E-state index in [4.69, 9.17) is 21.3 Å². The molecule has 1 aliphatic heterocycles. The average molecular weight is 287 g/mol. The van der Waals surface area contributed by atoms with Gasteiger partial charge in [0.2, 0.25) is 0 Å². The van der Waals surface area contributed by atoms with Crippen LogP contribution in [0.25, 0.3) is 0 Å². The summed E-state index contributed by atoms with van der Waals surface area (Å²) in [6.45, 7) is 6.89. The third kappa shape index (κ3) is 2.38. The van der Waals surface area contributed by atoms with Gasteiger partial charge in [-0.15, -0.1) is 0 Å². The normalized spacial score (nSPS) is 14.9. The van der Waals surface area contributed by atoms with Gasteiger partial charge in [0.15, 0.2) is 5.82 Å². The van der Waals surface area contributed by atoms with Crippen LogP contribution in [0, 0.1) is 0 Å². The molecule has 2 rings (SSSR count). The fourth-order valence-corrected chi connectivity index (χ4v) is 3.70. The quantitative estimate of drug-likeness (QED) is 0.768. The van der Waals surface area contributed by atoms with Gasteiger partial charge in [-0.3, -0.25) is 0 Å². The molecule has 0 fully saturated rings.